The molecule has 0 aromatic rings. The zero-order valence-corrected chi connectivity index (χ0v) is 10.1. The highest BCUT2D eigenvalue weighted by Gasteiger charge is 2.37. The molecule has 0 radical (unpaired) electrons. The van der Waals surface area contributed by atoms with Crippen molar-refractivity contribution in [3.63, 3.8) is 0 Å². The van der Waals surface area contributed by atoms with Crippen LogP contribution >= 0.6 is 0 Å². The molecule has 0 aromatic carbocycles. The lowest BCUT2D eigenvalue weighted by atomic mass is 9.77. The van der Waals surface area contributed by atoms with E-state index in [9.17, 15) is 18.0 Å². The molecule has 0 bridgehead atoms. The Bertz CT molecular complexity index is 280. The van der Waals surface area contributed by atoms with Crippen molar-refractivity contribution < 1.29 is 18.0 Å². The van der Waals surface area contributed by atoms with Crippen LogP contribution < -0.4 is 5.73 Å². The maximum Gasteiger partial charge on any atom is 0.406 e. The molecule has 3 nitrogen and oxygen atoms in total. The van der Waals surface area contributed by atoms with E-state index in [2.05, 4.69) is 0 Å². The zero-order valence-electron chi connectivity index (χ0n) is 10.1. The maximum atomic E-state index is 12.2. The van der Waals surface area contributed by atoms with E-state index in [0.717, 1.165) is 4.90 Å². The van der Waals surface area contributed by atoms with Gasteiger partial charge < -0.3 is 10.6 Å². The van der Waals surface area contributed by atoms with Crippen LogP contribution in [0.3, 0.4) is 0 Å². The molecule has 1 fully saturated rings. The maximum absolute atomic E-state index is 12.2. The number of hydrogen-bond donors (Lipinski definition) is 1. The van der Waals surface area contributed by atoms with E-state index in [-0.39, 0.29) is 17.9 Å². The second-order valence-electron chi connectivity index (χ2n) is 4.97. The van der Waals surface area contributed by atoms with Crippen LogP contribution in [0.5, 0.6) is 0 Å². The van der Waals surface area contributed by atoms with Gasteiger partial charge in [0.1, 0.15) is 6.54 Å². The summed E-state index contributed by atoms with van der Waals surface area (Å²) in [5.74, 6) is -0.675. The predicted octanol–water partition coefficient (Wildman–Crippen LogP) is 1.77. The molecule has 3 atom stereocenters. The first-order valence-corrected chi connectivity index (χ1v) is 5.78. The first-order valence-electron chi connectivity index (χ1n) is 5.78. The van der Waals surface area contributed by atoms with Crippen LogP contribution in [0, 0.1) is 11.8 Å². The summed E-state index contributed by atoms with van der Waals surface area (Å²) in [6, 6.07) is 0.0713. The molecule has 1 aliphatic carbocycles. The molecular weight excluding hydrogens is 233 g/mol. The van der Waals surface area contributed by atoms with Crippen LogP contribution in [-0.2, 0) is 4.79 Å². The largest absolute Gasteiger partial charge is 0.406 e. The number of alkyl halides is 3. The summed E-state index contributed by atoms with van der Waals surface area (Å²) in [6.45, 7) is 0.699. The summed E-state index contributed by atoms with van der Waals surface area (Å²) < 4.78 is 36.5. The minimum Gasteiger partial charge on any atom is -0.336 e. The molecule has 100 valence electrons. The van der Waals surface area contributed by atoms with Crippen molar-refractivity contribution in [1.29, 1.82) is 0 Å². The average Bonchev–Trinajstić information content (AvgIpc) is 2.14. The van der Waals surface area contributed by atoms with Gasteiger partial charge in [0.25, 0.3) is 0 Å². The molecular formula is C11H19F3N2O. The van der Waals surface area contributed by atoms with E-state index in [1.807, 2.05) is 6.92 Å². The van der Waals surface area contributed by atoms with Crippen molar-refractivity contribution in [2.75, 3.05) is 13.6 Å². The van der Waals surface area contributed by atoms with E-state index in [0.29, 0.717) is 19.3 Å². The van der Waals surface area contributed by atoms with Crippen molar-refractivity contribution in [2.24, 2.45) is 17.6 Å². The van der Waals surface area contributed by atoms with E-state index in [1.54, 1.807) is 0 Å². The number of amides is 1. The van der Waals surface area contributed by atoms with Crippen LogP contribution in [0.4, 0.5) is 13.2 Å². The second-order valence-corrected chi connectivity index (χ2v) is 4.97. The van der Waals surface area contributed by atoms with E-state index >= 15 is 0 Å². The van der Waals surface area contributed by atoms with Crippen LogP contribution in [0.25, 0.3) is 0 Å². The Kier molecular flexibility index (Phi) is 4.41. The van der Waals surface area contributed by atoms with Gasteiger partial charge in [-0.25, -0.2) is 0 Å². The van der Waals surface area contributed by atoms with Gasteiger partial charge in [0.2, 0.25) is 5.91 Å². The fraction of sp³-hybridized carbons (Fsp3) is 0.909. The average molecular weight is 252 g/mol. The van der Waals surface area contributed by atoms with Crippen molar-refractivity contribution in [3.8, 4) is 0 Å². The van der Waals surface area contributed by atoms with Gasteiger partial charge >= 0.3 is 6.18 Å². The van der Waals surface area contributed by atoms with Crippen molar-refractivity contribution >= 4 is 5.91 Å². The van der Waals surface area contributed by atoms with Crippen LogP contribution in [0.2, 0.25) is 0 Å². The van der Waals surface area contributed by atoms with Gasteiger partial charge in [-0.2, -0.15) is 13.2 Å². The third-order valence-electron chi connectivity index (χ3n) is 3.32. The van der Waals surface area contributed by atoms with E-state index in [4.69, 9.17) is 5.73 Å². The van der Waals surface area contributed by atoms with Crippen molar-refractivity contribution in [1.82, 2.24) is 4.90 Å². The smallest absolute Gasteiger partial charge is 0.336 e. The molecule has 0 aromatic heterocycles. The fourth-order valence-corrected chi connectivity index (χ4v) is 2.43. The molecule has 0 heterocycles. The lowest BCUT2D eigenvalue weighted by Crippen LogP contribution is -2.44. The Morgan fingerprint density at radius 1 is 1.41 bits per heavy atom. The lowest BCUT2D eigenvalue weighted by Gasteiger charge is -2.34. The quantitative estimate of drug-likeness (QED) is 0.814. The second kappa shape index (κ2) is 5.25. The molecule has 2 N–H and O–H groups in total. The number of rotatable bonds is 2. The van der Waals surface area contributed by atoms with Crippen LogP contribution in [0.1, 0.15) is 26.2 Å². The molecule has 0 saturated heterocycles. The summed E-state index contributed by atoms with van der Waals surface area (Å²) in [6.07, 6.45) is -2.33. The van der Waals surface area contributed by atoms with Gasteiger partial charge in [0.15, 0.2) is 0 Å². The Morgan fingerprint density at radius 3 is 2.47 bits per heavy atom. The topological polar surface area (TPSA) is 46.3 Å². The minimum absolute atomic E-state index is 0.0573. The van der Waals surface area contributed by atoms with E-state index in [1.165, 1.54) is 7.05 Å². The van der Waals surface area contributed by atoms with Gasteiger partial charge in [0.05, 0.1) is 0 Å². The van der Waals surface area contributed by atoms with Crippen molar-refractivity contribution in [2.45, 2.75) is 38.4 Å². The summed E-state index contributed by atoms with van der Waals surface area (Å²) in [5, 5.41) is 0. The summed E-state index contributed by atoms with van der Waals surface area (Å²) >= 11 is 0. The zero-order chi connectivity index (χ0) is 13.2. The predicted molar refractivity (Wildman–Crippen MR) is 58.2 cm³/mol. The van der Waals surface area contributed by atoms with Gasteiger partial charge in [-0.3, -0.25) is 4.79 Å². The van der Waals surface area contributed by atoms with Crippen LogP contribution in [-0.4, -0.2) is 36.6 Å². The lowest BCUT2D eigenvalue weighted by molar-refractivity contribution is -0.162. The molecule has 1 rings (SSSR count). The number of halogens is 3. The van der Waals surface area contributed by atoms with Gasteiger partial charge in [-0.15, -0.1) is 0 Å². The highest BCUT2D eigenvalue weighted by atomic mass is 19.4. The molecule has 1 saturated carbocycles. The third kappa shape index (κ3) is 4.18. The Hall–Kier alpha value is -0.780. The first-order chi connectivity index (χ1) is 7.70. The summed E-state index contributed by atoms with van der Waals surface area (Å²) in [5.41, 5.74) is 5.76. The normalized spacial score (nSPS) is 30.1. The van der Waals surface area contributed by atoms with E-state index < -0.39 is 18.6 Å². The number of nitrogens with zero attached hydrogens (tertiary/aromatic N) is 1. The SMILES string of the molecule is CC1CC(N)CCC1C(=O)N(C)CC(F)(F)F. The van der Waals surface area contributed by atoms with Gasteiger partial charge in [-0.05, 0) is 25.2 Å². The summed E-state index contributed by atoms with van der Waals surface area (Å²) in [4.78, 5) is 12.7. The third-order valence-corrected chi connectivity index (χ3v) is 3.32. The molecule has 3 unspecified atom stereocenters. The highest BCUT2D eigenvalue weighted by molar-refractivity contribution is 5.79. The number of nitrogens with two attached hydrogens (primary N) is 1. The number of carbonyl (C=O) groups is 1. The van der Waals surface area contributed by atoms with Crippen LogP contribution in [0.15, 0.2) is 0 Å². The Labute approximate surface area is 99.1 Å². The fourth-order valence-electron chi connectivity index (χ4n) is 2.43. The number of carbonyl (C=O) groups excluding carboxylic acids is 1. The first kappa shape index (κ1) is 14.3. The summed E-state index contributed by atoms with van der Waals surface area (Å²) in [7, 11) is 1.21. The molecule has 1 aliphatic rings. The molecule has 0 aliphatic heterocycles. The molecule has 17 heavy (non-hydrogen) atoms. The molecule has 0 spiro atoms. The minimum atomic E-state index is -4.33. The van der Waals surface area contributed by atoms with Gasteiger partial charge in [0, 0.05) is 19.0 Å². The number of hydrogen-bond acceptors (Lipinski definition) is 2. The van der Waals surface area contributed by atoms with Crippen molar-refractivity contribution in [3.05, 3.63) is 0 Å². The Morgan fingerprint density at radius 2 is 2.00 bits per heavy atom. The van der Waals surface area contributed by atoms with Gasteiger partial charge in [-0.1, -0.05) is 6.92 Å². The molecule has 1 amide bonds. The standard InChI is InChI=1S/C11H19F3N2O/c1-7-5-8(15)3-4-9(7)10(17)16(2)6-11(12,13)14/h7-9H,3-6,15H2,1-2H3. The highest BCUT2D eigenvalue weighted by Crippen LogP contribution is 2.31. The monoisotopic (exact) mass is 252 g/mol. The molecule has 6 heteroatoms. The Balaban J connectivity index is 2.57.